The third-order valence-electron chi connectivity index (χ3n) is 5.30. The van der Waals surface area contributed by atoms with Gasteiger partial charge in [0.25, 0.3) is 6.01 Å². The summed E-state index contributed by atoms with van der Waals surface area (Å²) in [6.07, 6.45) is 2.41. The lowest BCUT2D eigenvalue weighted by molar-refractivity contribution is -0.125. The third kappa shape index (κ3) is 4.88. The van der Waals surface area contributed by atoms with Crippen molar-refractivity contribution in [2.45, 2.75) is 26.2 Å². The molecule has 6 nitrogen and oxygen atoms in total. The van der Waals surface area contributed by atoms with Crippen molar-refractivity contribution in [3.63, 3.8) is 0 Å². The predicted octanol–water partition coefficient (Wildman–Crippen LogP) is 3.94. The van der Waals surface area contributed by atoms with E-state index < -0.39 is 0 Å². The number of fused-ring (bicyclic) bond motifs is 1. The van der Waals surface area contributed by atoms with Gasteiger partial charge in [0.1, 0.15) is 11.3 Å². The molecule has 1 aliphatic heterocycles. The maximum absolute atomic E-state index is 12.5. The minimum Gasteiger partial charge on any atom is -0.494 e. The van der Waals surface area contributed by atoms with Crippen LogP contribution in [0.3, 0.4) is 0 Å². The van der Waals surface area contributed by atoms with E-state index in [1.165, 1.54) is 5.56 Å². The number of hydrogen-bond donors (Lipinski definition) is 1. The largest absolute Gasteiger partial charge is 0.494 e. The maximum atomic E-state index is 12.5. The number of aromatic nitrogens is 1. The Bertz CT molecular complexity index is 928. The van der Waals surface area contributed by atoms with E-state index >= 15 is 0 Å². The Kier molecular flexibility index (Phi) is 5.98. The van der Waals surface area contributed by atoms with E-state index in [4.69, 9.17) is 9.15 Å². The molecule has 2 aromatic carbocycles. The normalized spacial score (nSPS) is 14.9. The van der Waals surface area contributed by atoms with Gasteiger partial charge in [0.2, 0.25) is 5.91 Å². The number of nitrogens with one attached hydrogen (secondary N) is 1. The van der Waals surface area contributed by atoms with Crippen LogP contribution in [-0.2, 0) is 4.79 Å². The number of ether oxygens (including phenoxy) is 1. The molecule has 1 aliphatic rings. The topological polar surface area (TPSA) is 67.6 Å². The van der Waals surface area contributed by atoms with Crippen LogP contribution in [0.5, 0.6) is 5.75 Å². The Morgan fingerprint density at radius 1 is 1.21 bits per heavy atom. The molecule has 29 heavy (non-hydrogen) atoms. The monoisotopic (exact) mass is 393 g/mol. The molecular formula is C23H27N3O3. The van der Waals surface area contributed by atoms with Gasteiger partial charge in [0, 0.05) is 25.6 Å². The van der Waals surface area contributed by atoms with Crippen molar-refractivity contribution in [3.05, 3.63) is 54.1 Å². The van der Waals surface area contributed by atoms with E-state index in [-0.39, 0.29) is 11.8 Å². The number of carbonyl (C=O) groups excluding carboxylic acids is 1. The molecule has 4 rings (SSSR count). The molecule has 0 spiro atoms. The van der Waals surface area contributed by atoms with Gasteiger partial charge in [-0.15, -0.1) is 0 Å². The van der Waals surface area contributed by atoms with E-state index in [0.717, 1.165) is 49.2 Å². The van der Waals surface area contributed by atoms with Crippen LogP contribution >= 0.6 is 0 Å². The Hall–Kier alpha value is -3.02. The van der Waals surface area contributed by atoms with E-state index in [0.29, 0.717) is 19.2 Å². The third-order valence-corrected chi connectivity index (χ3v) is 5.30. The molecule has 3 aromatic rings. The van der Waals surface area contributed by atoms with Gasteiger partial charge in [-0.05, 0) is 56.0 Å². The van der Waals surface area contributed by atoms with Crippen LogP contribution in [0.4, 0.5) is 6.01 Å². The van der Waals surface area contributed by atoms with Crippen molar-refractivity contribution in [3.8, 4) is 5.75 Å². The fourth-order valence-electron chi connectivity index (χ4n) is 3.65. The molecule has 0 radical (unpaired) electrons. The highest BCUT2D eigenvalue weighted by Crippen LogP contribution is 2.26. The minimum atomic E-state index is 0.0494. The average Bonchev–Trinajstić information content (AvgIpc) is 3.18. The zero-order chi connectivity index (χ0) is 20.1. The van der Waals surface area contributed by atoms with E-state index in [9.17, 15) is 4.79 Å². The molecule has 152 valence electrons. The van der Waals surface area contributed by atoms with Crippen LogP contribution in [0.25, 0.3) is 11.1 Å². The van der Waals surface area contributed by atoms with Gasteiger partial charge in [0.15, 0.2) is 5.58 Å². The molecule has 0 aliphatic carbocycles. The molecule has 0 saturated carbocycles. The van der Waals surface area contributed by atoms with Crippen LogP contribution in [0, 0.1) is 12.8 Å². The van der Waals surface area contributed by atoms with Gasteiger partial charge in [-0.1, -0.05) is 24.3 Å². The first-order chi connectivity index (χ1) is 14.2. The molecule has 1 fully saturated rings. The van der Waals surface area contributed by atoms with Crippen molar-refractivity contribution >= 4 is 23.0 Å². The molecule has 6 heteroatoms. The van der Waals surface area contributed by atoms with Crippen LogP contribution in [0.15, 0.2) is 52.9 Å². The maximum Gasteiger partial charge on any atom is 0.298 e. The summed E-state index contributed by atoms with van der Waals surface area (Å²) in [6, 6.07) is 16.4. The molecule has 1 N–H and O–H groups in total. The second-order valence-electron chi connectivity index (χ2n) is 7.54. The number of aryl methyl sites for hydroxylation is 1. The summed E-state index contributed by atoms with van der Waals surface area (Å²) in [5, 5.41) is 3.05. The lowest BCUT2D eigenvalue weighted by Gasteiger charge is -2.30. The summed E-state index contributed by atoms with van der Waals surface area (Å²) in [5.41, 5.74) is 2.85. The Labute approximate surface area is 170 Å². The highest BCUT2D eigenvalue weighted by Gasteiger charge is 2.26. The molecule has 0 unspecified atom stereocenters. The quantitative estimate of drug-likeness (QED) is 0.616. The number of anilines is 1. The average molecular weight is 393 g/mol. The van der Waals surface area contributed by atoms with Gasteiger partial charge in [-0.2, -0.15) is 4.98 Å². The highest BCUT2D eigenvalue weighted by atomic mass is 16.5. The van der Waals surface area contributed by atoms with Crippen LogP contribution in [0.2, 0.25) is 0 Å². The summed E-state index contributed by atoms with van der Waals surface area (Å²) < 4.78 is 11.6. The number of oxazole rings is 1. The highest BCUT2D eigenvalue weighted by molar-refractivity contribution is 5.79. The van der Waals surface area contributed by atoms with Crippen molar-refractivity contribution < 1.29 is 13.9 Å². The summed E-state index contributed by atoms with van der Waals surface area (Å²) in [4.78, 5) is 19.1. The second kappa shape index (κ2) is 8.99. The number of hydrogen-bond acceptors (Lipinski definition) is 5. The van der Waals surface area contributed by atoms with Gasteiger partial charge in [-0.3, -0.25) is 4.79 Å². The van der Waals surface area contributed by atoms with Gasteiger partial charge in [-0.25, -0.2) is 0 Å². The van der Waals surface area contributed by atoms with Crippen molar-refractivity contribution in [1.82, 2.24) is 10.3 Å². The van der Waals surface area contributed by atoms with Crippen LogP contribution in [0.1, 0.15) is 24.8 Å². The summed E-state index contributed by atoms with van der Waals surface area (Å²) >= 11 is 0. The number of amides is 1. The number of para-hydroxylation sites is 2. The van der Waals surface area contributed by atoms with E-state index in [2.05, 4.69) is 15.2 Å². The van der Waals surface area contributed by atoms with E-state index in [1.54, 1.807) is 0 Å². The summed E-state index contributed by atoms with van der Waals surface area (Å²) in [7, 11) is 0. The summed E-state index contributed by atoms with van der Waals surface area (Å²) in [6.45, 7) is 4.83. The van der Waals surface area contributed by atoms with E-state index in [1.807, 2.05) is 55.5 Å². The Morgan fingerprint density at radius 2 is 2.03 bits per heavy atom. The zero-order valence-electron chi connectivity index (χ0n) is 16.8. The fraction of sp³-hybridized carbons (Fsp3) is 0.391. The first-order valence-electron chi connectivity index (χ1n) is 10.3. The molecule has 1 saturated heterocycles. The second-order valence-corrected chi connectivity index (χ2v) is 7.54. The van der Waals surface area contributed by atoms with Gasteiger partial charge in [0.05, 0.1) is 6.61 Å². The van der Waals surface area contributed by atoms with Crippen LogP contribution in [-0.4, -0.2) is 37.1 Å². The molecule has 1 aromatic heterocycles. The predicted molar refractivity (Wildman–Crippen MR) is 113 cm³/mol. The first-order valence-corrected chi connectivity index (χ1v) is 10.3. The smallest absolute Gasteiger partial charge is 0.298 e. The summed E-state index contributed by atoms with van der Waals surface area (Å²) in [5.74, 6) is 1.06. The fourth-order valence-corrected chi connectivity index (χ4v) is 3.65. The van der Waals surface area contributed by atoms with Gasteiger partial charge < -0.3 is 19.4 Å². The van der Waals surface area contributed by atoms with Crippen molar-refractivity contribution in [2.24, 2.45) is 5.92 Å². The lowest BCUT2D eigenvalue weighted by Crippen LogP contribution is -2.41. The first kappa shape index (κ1) is 19.3. The molecule has 2 heterocycles. The van der Waals surface area contributed by atoms with Crippen LogP contribution < -0.4 is 15.0 Å². The SMILES string of the molecule is Cc1cccc(OCCCNC(=O)C2CCN(c3nc4ccccc4o3)CC2)c1. The van der Waals surface area contributed by atoms with Gasteiger partial charge >= 0.3 is 0 Å². The molecule has 0 atom stereocenters. The Balaban J connectivity index is 1.17. The standard InChI is InChI=1S/C23H27N3O3/c1-17-6-4-7-19(16-17)28-15-5-12-24-22(27)18-10-13-26(14-11-18)23-25-20-8-2-3-9-21(20)29-23/h2-4,6-9,16,18H,5,10-15H2,1H3,(H,24,27). The number of piperidine rings is 1. The lowest BCUT2D eigenvalue weighted by atomic mass is 9.96. The van der Waals surface area contributed by atoms with Crippen molar-refractivity contribution in [1.29, 1.82) is 0 Å². The number of rotatable bonds is 7. The molecule has 0 bridgehead atoms. The number of benzene rings is 2. The van der Waals surface area contributed by atoms with Crippen molar-refractivity contribution in [2.75, 3.05) is 31.1 Å². The molecule has 1 amide bonds. The number of carbonyl (C=O) groups is 1. The number of nitrogens with zero attached hydrogens (tertiary/aromatic N) is 2. The Morgan fingerprint density at radius 3 is 2.83 bits per heavy atom. The minimum absolute atomic E-state index is 0.0494. The zero-order valence-corrected chi connectivity index (χ0v) is 16.8. The molecular weight excluding hydrogens is 366 g/mol.